The predicted octanol–water partition coefficient (Wildman–Crippen LogP) is 4.91. The first-order valence-electron chi connectivity index (χ1n) is 7.56. The van der Waals surface area contributed by atoms with Gasteiger partial charge >= 0.3 is 0 Å². The number of halogens is 1. The third kappa shape index (κ3) is 2.96. The van der Waals surface area contributed by atoms with E-state index < -0.39 is 0 Å². The number of furan rings is 1. The Hall–Kier alpha value is -2.85. The number of rotatable bonds is 4. The van der Waals surface area contributed by atoms with E-state index in [4.69, 9.17) is 16.0 Å². The SMILES string of the molecule is Clc1ccc(Cn2cncn2)c(-c2ccc(-c3ccccc3)o2)c1. The van der Waals surface area contributed by atoms with E-state index in [1.165, 1.54) is 6.33 Å². The summed E-state index contributed by atoms with van der Waals surface area (Å²) in [6.07, 6.45) is 3.21. The fourth-order valence-electron chi connectivity index (χ4n) is 2.65. The van der Waals surface area contributed by atoms with E-state index in [9.17, 15) is 0 Å². The van der Waals surface area contributed by atoms with E-state index >= 15 is 0 Å². The first-order chi connectivity index (χ1) is 11.8. The van der Waals surface area contributed by atoms with Crippen molar-refractivity contribution in [3.05, 3.63) is 83.9 Å². The van der Waals surface area contributed by atoms with E-state index in [2.05, 4.69) is 10.1 Å². The van der Waals surface area contributed by atoms with Gasteiger partial charge in [-0.2, -0.15) is 5.10 Å². The average Bonchev–Trinajstić information content (AvgIpc) is 3.29. The van der Waals surface area contributed by atoms with E-state index in [0.29, 0.717) is 11.6 Å². The fourth-order valence-corrected chi connectivity index (χ4v) is 2.82. The van der Waals surface area contributed by atoms with Crippen LogP contribution in [0.4, 0.5) is 0 Å². The lowest BCUT2D eigenvalue weighted by atomic mass is 10.1. The first-order valence-corrected chi connectivity index (χ1v) is 7.94. The van der Waals surface area contributed by atoms with Crippen molar-refractivity contribution in [2.45, 2.75) is 6.54 Å². The molecule has 0 amide bonds. The molecule has 5 heteroatoms. The van der Waals surface area contributed by atoms with Gasteiger partial charge in [0.25, 0.3) is 0 Å². The lowest BCUT2D eigenvalue weighted by molar-refractivity contribution is 0.595. The molecule has 0 spiro atoms. The minimum atomic E-state index is 0.605. The number of aromatic nitrogens is 3. The van der Waals surface area contributed by atoms with Crippen LogP contribution in [0, 0.1) is 0 Å². The zero-order valence-corrected chi connectivity index (χ0v) is 13.5. The molecule has 2 heterocycles. The molecule has 0 saturated heterocycles. The van der Waals surface area contributed by atoms with Crippen LogP contribution < -0.4 is 0 Å². The van der Waals surface area contributed by atoms with Crippen molar-refractivity contribution in [2.24, 2.45) is 0 Å². The maximum absolute atomic E-state index is 6.20. The zero-order chi connectivity index (χ0) is 16.4. The molecule has 2 aromatic heterocycles. The molecule has 0 aliphatic rings. The number of hydrogen-bond donors (Lipinski definition) is 0. The summed E-state index contributed by atoms with van der Waals surface area (Å²) in [4.78, 5) is 3.98. The highest BCUT2D eigenvalue weighted by Crippen LogP contribution is 2.32. The van der Waals surface area contributed by atoms with Gasteiger partial charge < -0.3 is 4.42 Å². The Labute approximate surface area is 144 Å². The van der Waals surface area contributed by atoms with Crippen LogP contribution >= 0.6 is 11.6 Å². The van der Waals surface area contributed by atoms with Gasteiger partial charge in [-0.05, 0) is 29.8 Å². The third-order valence-electron chi connectivity index (χ3n) is 3.80. The van der Waals surface area contributed by atoms with Gasteiger partial charge in [-0.15, -0.1) is 0 Å². The highest BCUT2D eigenvalue weighted by atomic mass is 35.5. The number of nitrogens with zero attached hydrogens (tertiary/aromatic N) is 3. The van der Waals surface area contributed by atoms with Crippen molar-refractivity contribution in [2.75, 3.05) is 0 Å². The van der Waals surface area contributed by atoms with Crippen LogP contribution in [0.5, 0.6) is 0 Å². The van der Waals surface area contributed by atoms with E-state index in [-0.39, 0.29) is 0 Å². The highest BCUT2D eigenvalue weighted by Gasteiger charge is 2.12. The summed E-state index contributed by atoms with van der Waals surface area (Å²) in [7, 11) is 0. The molecule has 0 aliphatic carbocycles. The Morgan fingerprint density at radius 3 is 2.58 bits per heavy atom. The van der Waals surface area contributed by atoms with Crippen LogP contribution in [0.3, 0.4) is 0 Å². The van der Waals surface area contributed by atoms with E-state index in [1.54, 1.807) is 11.0 Å². The molecular formula is C19H14ClN3O. The van der Waals surface area contributed by atoms with Crippen molar-refractivity contribution in [1.29, 1.82) is 0 Å². The molecule has 4 nitrogen and oxygen atoms in total. The first kappa shape index (κ1) is 14.7. The smallest absolute Gasteiger partial charge is 0.137 e. The molecule has 0 fully saturated rings. The molecule has 0 aliphatic heterocycles. The van der Waals surface area contributed by atoms with Crippen molar-refractivity contribution in [1.82, 2.24) is 14.8 Å². The maximum atomic E-state index is 6.20. The van der Waals surface area contributed by atoms with Gasteiger partial charge in [0.05, 0.1) is 6.54 Å². The van der Waals surface area contributed by atoms with Gasteiger partial charge in [-0.25, -0.2) is 9.67 Å². The normalized spacial score (nSPS) is 10.9. The zero-order valence-electron chi connectivity index (χ0n) is 12.8. The lowest BCUT2D eigenvalue weighted by Gasteiger charge is -2.08. The summed E-state index contributed by atoms with van der Waals surface area (Å²) in [6, 6.07) is 19.8. The van der Waals surface area contributed by atoms with Crippen molar-refractivity contribution in [3.63, 3.8) is 0 Å². The molecule has 0 saturated carbocycles. The quantitative estimate of drug-likeness (QED) is 0.532. The third-order valence-corrected chi connectivity index (χ3v) is 4.04. The van der Waals surface area contributed by atoms with E-state index in [1.807, 2.05) is 60.7 Å². The average molecular weight is 336 g/mol. The largest absolute Gasteiger partial charge is 0.456 e. The van der Waals surface area contributed by atoms with Crippen LogP contribution in [0.2, 0.25) is 5.02 Å². The topological polar surface area (TPSA) is 43.9 Å². The molecule has 24 heavy (non-hydrogen) atoms. The van der Waals surface area contributed by atoms with Crippen LogP contribution in [0.25, 0.3) is 22.6 Å². The van der Waals surface area contributed by atoms with Gasteiger partial charge in [0.2, 0.25) is 0 Å². The molecule has 118 valence electrons. The number of benzene rings is 2. The van der Waals surface area contributed by atoms with Crippen LogP contribution in [0.15, 0.2) is 77.7 Å². The van der Waals surface area contributed by atoms with Crippen LogP contribution in [0.1, 0.15) is 5.56 Å². The second-order valence-corrected chi connectivity index (χ2v) is 5.86. The highest BCUT2D eigenvalue weighted by molar-refractivity contribution is 6.30. The van der Waals surface area contributed by atoms with Crippen LogP contribution in [-0.4, -0.2) is 14.8 Å². The second kappa shape index (κ2) is 6.34. The van der Waals surface area contributed by atoms with Gasteiger partial charge in [0.1, 0.15) is 24.2 Å². The Balaban J connectivity index is 1.73. The van der Waals surface area contributed by atoms with Gasteiger partial charge in [0, 0.05) is 16.1 Å². The monoisotopic (exact) mass is 335 g/mol. The standard InChI is InChI=1S/C19H14ClN3O/c20-16-7-6-15(11-23-13-21-12-22-23)17(10-16)19-9-8-18(24-19)14-4-2-1-3-5-14/h1-10,12-13H,11H2. The van der Waals surface area contributed by atoms with Gasteiger partial charge in [-0.3, -0.25) is 0 Å². The Morgan fingerprint density at radius 2 is 1.79 bits per heavy atom. The molecule has 0 bridgehead atoms. The Morgan fingerprint density at radius 1 is 0.958 bits per heavy atom. The summed E-state index contributed by atoms with van der Waals surface area (Å²) < 4.78 is 7.84. The van der Waals surface area contributed by atoms with Crippen molar-refractivity contribution < 1.29 is 4.42 Å². The Kier molecular flexibility index (Phi) is 3.89. The number of hydrogen-bond acceptors (Lipinski definition) is 3. The van der Waals surface area contributed by atoms with E-state index in [0.717, 1.165) is 28.2 Å². The lowest BCUT2D eigenvalue weighted by Crippen LogP contribution is -2.01. The van der Waals surface area contributed by atoms with Gasteiger partial charge in [0.15, 0.2) is 0 Å². The molecule has 2 aromatic carbocycles. The summed E-state index contributed by atoms with van der Waals surface area (Å²) in [5, 5.41) is 4.83. The molecule has 4 rings (SSSR count). The summed E-state index contributed by atoms with van der Waals surface area (Å²) >= 11 is 6.20. The molecule has 0 atom stereocenters. The summed E-state index contributed by atoms with van der Waals surface area (Å²) in [5.74, 6) is 1.61. The Bertz CT molecular complexity index is 946. The summed E-state index contributed by atoms with van der Waals surface area (Å²) in [5.41, 5.74) is 3.07. The second-order valence-electron chi connectivity index (χ2n) is 5.42. The minimum Gasteiger partial charge on any atom is -0.456 e. The molecule has 0 radical (unpaired) electrons. The summed E-state index contributed by atoms with van der Waals surface area (Å²) in [6.45, 7) is 0.605. The molecule has 0 N–H and O–H groups in total. The van der Waals surface area contributed by atoms with Crippen LogP contribution in [-0.2, 0) is 6.54 Å². The van der Waals surface area contributed by atoms with Gasteiger partial charge in [-0.1, -0.05) is 48.0 Å². The fraction of sp³-hybridized carbons (Fsp3) is 0.0526. The minimum absolute atomic E-state index is 0.605. The molecule has 0 unspecified atom stereocenters. The molecular weight excluding hydrogens is 322 g/mol. The van der Waals surface area contributed by atoms with Crippen molar-refractivity contribution in [3.8, 4) is 22.6 Å². The predicted molar refractivity (Wildman–Crippen MR) is 93.7 cm³/mol. The maximum Gasteiger partial charge on any atom is 0.137 e. The molecule has 4 aromatic rings. The van der Waals surface area contributed by atoms with Crippen molar-refractivity contribution >= 4 is 11.6 Å².